The summed E-state index contributed by atoms with van der Waals surface area (Å²) < 4.78 is 5.55. The van der Waals surface area contributed by atoms with E-state index in [9.17, 15) is 5.11 Å². The van der Waals surface area contributed by atoms with Gasteiger partial charge in [0.2, 0.25) is 0 Å². The van der Waals surface area contributed by atoms with Crippen molar-refractivity contribution < 1.29 is 14.9 Å². The van der Waals surface area contributed by atoms with Gasteiger partial charge in [0.1, 0.15) is 11.5 Å². The summed E-state index contributed by atoms with van der Waals surface area (Å²) in [6, 6.07) is 5.02. The van der Waals surface area contributed by atoms with Crippen LogP contribution in [0.15, 0.2) is 18.2 Å². The second-order valence-corrected chi connectivity index (χ2v) is 4.56. The van der Waals surface area contributed by atoms with Gasteiger partial charge >= 0.3 is 0 Å². The summed E-state index contributed by atoms with van der Waals surface area (Å²) in [7, 11) is 0. The average molecular weight is 252 g/mol. The molecule has 0 amide bonds. The van der Waals surface area contributed by atoms with E-state index in [0.717, 1.165) is 6.42 Å². The van der Waals surface area contributed by atoms with Crippen molar-refractivity contribution in [1.82, 2.24) is 0 Å². The molecule has 0 spiro atoms. The maximum Gasteiger partial charge on any atom is 0.124 e. The lowest BCUT2D eigenvalue weighted by Crippen LogP contribution is -1.97. The Labute approximate surface area is 109 Å². The molecule has 0 aliphatic rings. The first-order valence-corrected chi connectivity index (χ1v) is 6.83. The zero-order chi connectivity index (χ0) is 13.2. The molecule has 18 heavy (non-hydrogen) atoms. The van der Waals surface area contributed by atoms with Gasteiger partial charge in [0, 0.05) is 11.6 Å². The molecule has 3 nitrogen and oxygen atoms in total. The Morgan fingerprint density at radius 1 is 1.06 bits per heavy atom. The average Bonchev–Trinajstić information content (AvgIpc) is 2.38. The normalized spacial score (nSPS) is 10.6. The number of aromatic hydroxyl groups is 1. The van der Waals surface area contributed by atoms with E-state index in [0.29, 0.717) is 17.9 Å². The molecule has 0 aromatic heterocycles. The Hall–Kier alpha value is -1.22. The van der Waals surface area contributed by atoms with Gasteiger partial charge in [-0.1, -0.05) is 39.0 Å². The van der Waals surface area contributed by atoms with Crippen molar-refractivity contribution in [2.24, 2.45) is 0 Å². The predicted molar refractivity (Wildman–Crippen MR) is 72.9 cm³/mol. The minimum absolute atomic E-state index is 0.0953. The summed E-state index contributed by atoms with van der Waals surface area (Å²) in [4.78, 5) is 0. The van der Waals surface area contributed by atoms with Gasteiger partial charge in [0.15, 0.2) is 0 Å². The molecular weight excluding hydrogens is 228 g/mol. The van der Waals surface area contributed by atoms with Crippen LogP contribution in [0.25, 0.3) is 0 Å². The minimum Gasteiger partial charge on any atom is -0.507 e. The van der Waals surface area contributed by atoms with E-state index in [1.807, 2.05) is 0 Å². The molecule has 0 saturated carbocycles. The second-order valence-electron chi connectivity index (χ2n) is 4.56. The molecule has 0 fully saturated rings. The molecule has 102 valence electrons. The molecule has 3 heteroatoms. The van der Waals surface area contributed by atoms with E-state index < -0.39 is 0 Å². The number of rotatable bonds is 9. The molecule has 1 aromatic carbocycles. The van der Waals surface area contributed by atoms with Crippen molar-refractivity contribution in [3.8, 4) is 11.5 Å². The largest absolute Gasteiger partial charge is 0.507 e. The van der Waals surface area contributed by atoms with E-state index >= 15 is 0 Å². The van der Waals surface area contributed by atoms with Crippen LogP contribution >= 0.6 is 0 Å². The van der Waals surface area contributed by atoms with E-state index in [1.54, 1.807) is 18.2 Å². The van der Waals surface area contributed by atoms with Gasteiger partial charge in [-0.25, -0.2) is 0 Å². The maximum atomic E-state index is 9.55. The van der Waals surface area contributed by atoms with Crippen molar-refractivity contribution in [1.29, 1.82) is 0 Å². The van der Waals surface area contributed by atoms with Gasteiger partial charge in [0.05, 0.1) is 13.2 Å². The number of ether oxygens (including phenoxy) is 1. The number of phenols is 1. The summed E-state index contributed by atoms with van der Waals surface area (Å²) in [6.45, 7) is 2.75. The molecule has 2 N–H and O–H groups in total. The van der Waals surface area contributed by atoms with E-state index in [-0.39, 0.29) is 12.4 Å². The topological polar surface area (TPSA) is 49.7 Å². The second kappa shape index (κ2) is 8.81. The lowest BCUT2D eigenvalue weighted by molar-refractivity contribution is 0.273. The first kappa shape index (κ1) is 14.8. The summed E-state index contributed by atoms with van der Waals surface area (Å²) in [5.74, 6) is 0.760. The SMILES string of the molecule is CCCCCCCCOc1ccc(CO)c(O)c1. The summed E-state index contributed by atoms with van der Waals surface area (Å²) >= 11 is 0. The molecule has 0 atom stereocenters. The quantitative estimate of drug-likeness (QED) is 0.660. The summed E-state index contributed by atoms with van der Waals surface area (Å²) in [5, 5.41) is 18.5. The van der Waals surface area contributed by atoms with Crippen LogP contribution in [0, 0.1) is 0 Å². The molecule has 0 unspecified atom stereocenters. The van der Waals surface area contributed by atoms with Gasteiger partial charge in [-0.2, -0.15) is 0 Å². The van der Waals surface area contributed by atoms with E-state index in [4.69, 9.17) is 9.84 Å². The molecule has 1 aromatic rings. The van der Waals surface area contributed by atoms with Crippen LogP contribution in [0.3, 0.4) is 0 Å². The number of benzene rings is 1. The van der Waals surface area contributed by atoms with Gasteiger partial charge in [-0.05, 0) is 18.6 Å². The van der Waals surface area contributed by atoms with Crippen LogP contribution in [0.4, 0.5) is 0 Å². The molecule has 0 heterocycles. The smallest absolute Gasteiger partial charge is 0.124 e. The Balaban J connectivity index is 2.17. The summed E-state index contributed by atoms with van der Waals surface area (Å²) in [5.41, 5.74) is 0.530. The number of unbranched alkanes of at least 4 members (excludes halogenated alkanes) is 5. The standard InChI is InChI=1S/C15H24O3/c1-2-3-4-5-6-7-10-18-14-9-8-13(12-16)15(17)11-14/h8-9,11,16-17H,2-7,10,12H2,1H3. The Morgan fingerprint density at radius 2 is 1.78 bits per heavy atom. The van der Waals surface area contributed by atoms with Crippen LogP contribution in [0.5, 0.6) is 11.5 Å². The van der Waals surface area contributed by atoms with Crippen LogP contribution in [-0.2, 0) is 6.61 Å². The van der Waals surface area contributed by atoms with Crippen molar-refractivity contribution in [3.63, 3.8) is 0 Å². The van der Waals surface area contributed by atoms with Crippen LogP contribution in [0.1, 0.15) is 51.0 Å². The molecule has 1 rings (SSSR count). The lowest BCUT2D eigenvalue weighted by Gasteiger charge is -2.08. The highest BCUT2D eigenvalue weighted by Crippen LogP contribution is 2.23. The Morgan fingerprint density at radius 3 is 2.44 bits per heavy atom. The molecule has 0 radical (unpaired) electrons. The third-order valence-corrected chi connectivity index (χ3v) is 2.99. The summed E-state index contributed by atoms with van der Waals surface area (Å²) in [6.07, 6.45) is 7.41. The van der Waals surface area contributed by atoms with Crippen LogP contribution in [0.2, 0.25) is 0 Å². The van der Waals surface area contributed by atoms with Crippen molar-refractivity contribution in [3.05, 3.63) is 23.8 Å². The Bertz CT molecular complexity index is 337. The third kappa shape index (κ3) is 5.41. The van der Waals surface area contributed by atoms with Crippen molar-refractivity contribution in [2.45, 2.75) is 52.1 Å². The van der Waals surface area contributed by atoms with Gasteiger partial charge < -0.3 is 14.9 Å². The third-order valence-electron chi connectivity index (χ3n) is 2.99. The van der Waals surface area contributed by atoms with Crippen LogP contribution in [-0.4, -0.2) is 16.8 Å². The monoisotopic (exact) mass is 252 g/mol. The maximum absolute atomic E-state index is 9.55. The van der Waals surface area contributed by atoms with E-state index in [1.165, 1.54) is 32.1 Å². The Kier molecular flexibility index (Phi) is 7.26. The lowest BCUT2D eigenvalue weighted by atomic mass is 10.1. The highest BCUT2D eigenvalue weighted by atomic mass is 16.5. The zero-order valence-corrected chi connectivity index (χ0v) is 11.2. The molecule has 0 saturated heterocycles. The van der Waals surface area contributed by atoms with E-state index in [2.05, 4.69) is 6.92 Å². The highest BCUT2D eigenvalue weighted by Gasteiger charge is 2.02. The zero-order valence-electron chi connectivity index (χ0n) is 11.2. The first-order chi connectivity index (χ1) is 8.77. The fraction of sp³-hybridized carbons (Fsp3) is 0.600. The highest BCUT2D eigenvalue weighted by molar-refractivity contribution is 5.39. The van der Waals surface area contributed by atoms with Crippen molar-refractivity contribution in [2.75, 3.05) is 6.61 Å². The molecular formula is C15H24O3. The number of hydrogen-bond acceptors (Lipinski definition) is 3. The van der Waals surface area contributed by atoms with Gasteiger partial charge in [0.25, 0.3) is 0 Å². The number of aliphatic hydroxyl groups is 1. The number of hydrogen-bond donors (Lipinski definition) is 2. The molecule has 0 bridgehead atoms. The van der Waals surface area contributed by atoms with Crippen molar-refractivity contribution >= 4 is 0 Å². The minimum atomic E-state index is -0.149. The number of aliphatic hydroxyl groups excluding tert-OH is 1. The predicted octanol–water partition coefficient (Wildman–Crippen LogP) is 3.62. The first-order valence-electron chi connectivity index (χ1n) is 6.83. The molecule has 0 aliphatic carbocycles. The van der Waals surface area contributed by atoms with Gasteiger partial charge in [-0.15, -0.1) is 0 Å². The fourth-order valence-electron chi connectivity index (χ4n) is 1.84. The van der Waals surface area contributed by atoms with Gasteiger partial charge in [-0.3, -0.25) is 0 Å². The molecule has 0 aliphatic heterocycles. The fourth-order valence-corrected chi connectivity index (χ4v) is 1.84. The van der Waals surface area contributed by atoms with Crippen LogP contribution < -0.4 is 4.74 Å².